The molecular weight excluding hydrogens is 329 g/mol. The largest absolute Gasteiger partial charge is 0.495 e. The van der Waals surface area contributed by atoms with Gasteiger partial charge in [0.25, 0.3) is 0 Å². The fourth-order valence-corrected chi connectivity index (χ4v) is 3.36. The van der Waals surface area contributed by atoms with E-state index < -0.39 is 0 Å². The lowest BCUT2D eigenvalue weighted by Crippen LogP contribution is -2.46. The van der Waals surface area contributed by atoms with Gasteiger partial charge in [0.05, 0.1) is 12.8 Å². The van der Waals surface area contributed by atoms with E-state index in [9.17, 15) is 4.39 Å². The van der Waals surface area contributed by atoms with Crippen LogP contribution in [0.25, 0.3) is 0 Å². The summed E-state index contributed by atoms with van der Waals surface area (Å²) in [6, 6.07) is 14.8. The average molecular weight is 357 g/mol. The first-order chi connectivity index (χ1) is 12.8. The summed E-state index contributed by atoms with van der Waals surface area (Å²) in [5.41, 5.74) is 2.18. The topological polar surface area (TPSA) is 27.7 Å². The van der Waals surface area contributed by atoms with Gasteiger partial charge in [0.15, 0.2) is 0 Å². The molecule has 4 nitrogen and oxygen atoms in total. The molecule has 2 aromatic rings. The molecule has 1 N–H and O–H groups in total. The summed E-state index contributed by atoms with van der Waals surface area (Å²) in [7, 11) is 1.73. The summed E-state index contributed by atoms with van der Waals surface area (Å²) in [5.74, 6) is 0.760. The number of piperazine rings is 1. The standard InChI is InChI=1S/C21H28FN3O/c1-26-21-7-3-2-6-20(21)25-16-14-24(15-17-25)13-5-4-12-23-19-10-8-18(22)9-11-19/h2-3,6-11,23H,4-5,12-17H2,1H3. The van der Waals surface area contributed by atoms with Crippen molar-refractivity contribution in [1.82, 2.24) is 4.90 Å². The third-order valence-electron chi connectivity index (χ3n) is 4.87. The first-order valence-corrected chi connectivity index (χ1v) is 9.36. The molecule has 0 aromatic heterocycles. The van der Waals surface area contributed by atoms with E-state index in [2.05, 4.69) is 27.2 Å². The SMILES string of the molecule is COc1ccccc1N1CCN(CCCCNc2ccc(F)cc2)CC1. The van der Waals surface area contributed by atoms with Crippen molar-refractivity contribution in [3.05, 3.63) is 54.3 Å². The number of nitrogens with one attached hydrogen (secondary N) is 1. The van der Waals surface area contributed by atoms with Crippen LogP contribution in [0, 0.1) is 5.82 Å². The van der Waals surface area contributed by atoms with Gasteiger partial charge in [-0.2, -0.15) is 0 Å². The van der Waals surface area contributed by atoms with E-state index in [1.54, 1.807) is 19.2 Å². The maximum absolute atomic E-state index is 12.9. The van der Waals surface area contributed by atoms with Crippen LogP contribution in [0.3, 0.4) is 0 Å². The van der Waals surface area contributed by atoms with Crippen LogP contribution < -0.4 is 15.0 Å². The minimum Gasteiger partial charge on any atom is -0.495 e. The number of unbranched alkanes of at least 4 members (excludes halogenated alkanes) is 1. The third kappa shape index (κ3) is 5.11. The Morgan fingerprint density at radius 3 is 2.42 bits per heavy atom. The molecule has 0 radical (unpaired) electrons. The van der Waals surface area contributed by atoms with Crippen molar-refractivity contribution in [3.8, 4) is 5.75 Å². The van der Waals surface area contributed by atoms with E-state index >= 15 is 0 Å². The first-order valence-electron chi connectivity index (χ1n) is 9.36. The number of halogens is 1. The lowest BCUT2D eigenvalue weighted by Gasteiger charge is -2.36. The van der Waals surface area contributed by atoms with E-state index in [1.165, 1.54) is 24.2 Å². The van der Waals surface area contributed by atoms with E-state index in [0.29, 0.717) is 0 Å². The third-order valence-corrected chi connectivity index (χ3v) is 4.87. The zero-order chi connectivity index (χ0) is 18.2. The Hall–Kier alpha value is -2.27. The lowest BCUT2D eigenvalue weighted by atomic mass is 10.2. The lowest BCUT2D eigenvalue weighted by molar-refractivity contribution is 0.253. The predicted molar refractivity (Wildman–Crippen MR) is 106 cm³/mol. The molecule has 0 unspecified atom stereocenters. The van der Waals surface area contributed by atoms with Crippen LogP contribution >= 0.6 is 0 Å². The molecule has 2 aromatic carbocycles. The van der Waals surface area contributed by atoms with Gasteiger partial charge < -0.3 is 15.0 Å². The molecule has 0 saturated carbocycles. The molecule has 0 spiro atoms. The van der Waals surface area contributed by atoms with Gasteiger partial charge in [0.1, 0.15) is 11.6 Å². The Bertz CT molecular complexity index is 669. The maximum Gasteiger partial charge on any atom is 0.142 e. The van der Waals surface area contributed by atoms with Crippen LogP contribution in [-0.2, 0) is 0 Å². The summed E-state index contributed by atoms with van der Waals surface area (Å²) < 4.78 is 18.3. The number of para-hydroxylation sites is 2. The van der Waals surface area contributed by atoms with Crippen molar-refractivity contribution in [3.63, 3.8) is 0 Å². The molecule has 1 fully saturated rings. The van der Waals surface area contributed by atoms with Crippen molar-refractivity contribution in [1.29, 1.82) is 0 Å². The number of nitrogens with zero attached hydrogens (tertiary/aromatic N) is 2. The van der Waals surface area contributed by atoms with Gasteiger partial charge in [-0.1, -0.05) is 12.1 Å². The molecule has 0 atom stereocenters. The Balaban J connectivity index is 1.33. The van der Waals surface area contributed by atoms with Crippen molar-refractivity contribution in [2.75, 3.05) is 56.6 Å². The Kier molecular flexibility index (Phi) is 6.72. The summed E-state index contributed by atoms with van der Waals surface area (Å²) in [5, 5.41) is 3.34. The Morgan fingerprint density at radius 2 is 1.69 bits per heavy atom. The average Bonchev–Trinajstić information content (AvgIpc) is 2.69. The fraction of sp³-hybridized carbons (Fsp3) is 0.429. The minimum absolute atomic E-state index is 0.192. The summed E-state index contributed by atoms with van der Waals surface area (Å²) >= 11 is 0. The first kappa shape index (κ1) is 18.5. The van der Waals surface area contributed by atoms with Crippen molar-refractivity contribution in [2.24, 2.45) is 0 Å². The normalized spacial score (nSPS) is 15.1. The molecule has 1 saturated heterocycles. The van der Waals surface area contributed by atoms with Gasteiger partial charge in [0.2, 0.25) is 0 Å². The summed E-state index contributed by atoms with van der Waals surface area (Å²) in [6.07, 6.45) is 2.28. The summed E-state index contributed by atoms with van der Waals surface area (Å²) in [6.45, 7) is 6.30. The molecule has 3 rings (SSSR count). The van der Waals surface area contributed by atoms with Gasteiger partial charge in [-0.25, -0.2) is 4.39 Å². The number of hydrogen-bond donors (Lipinski definition) is 1. The second-order valence-electron chi connectivity index (χ2n) is 6.64. The molecule has 1 aliphatic rings. The van der Waals surface area contributed by atoms with E-state index in [0.717, 1.165) is 57.1 Å². The van der Waals surface area contributed by atoms with Gasteiger partial charge in [0, 0.05) is 38.4 Å². The highest BCUT2D eigenvalue weighted by Gasteiger charge is 2.18. The molecule has 0 aliphatic carbocycles. The van der Waals surface area contributed by atoms with Crippen LogP contribution in [0.5, 0.6) is 5.75 Å². The molecule has 0 amide bonds. The predicted octanol–water partition coefficient (Wildman–Crippen LogP) is 3.85. The number of ether oxygens (including phenoxy) is 1. The van der Waals surface area contributed by atoms with Gasteiger partial charge in [-0.05, 0) is 55.8 Å². The van der Waals surface area contributed by atoms with E-state index in [1.807, 2.05) is 12.1 Å². The number of anilines is 2. The molecule has 0 bridgehead atoms. The van der Waals surface area contributed by atoms with Crippen LogP contribution in [0.15, 0.2) is 48.5 Å². The van der Waals surface area contributed by atoms with Crippen molar-refractivity contribution in [2.45, 2.75) is 12.8 Å². The van der Waals surface area contributed by atoms with Crippen molar-refractivity contribution >= 4 is 11.4 Å². The van der Waals surface area contributed by atoms with Crippen LogP contribution in [0.4, 0.5) is 15.8 Å². The van der Waals surface area contributed by atoms with Crippen LogP contribution in [-0.4, -0.2) is 51.3 Å². The molecule has 140 valence electrons. The highest BCUT2D eigenvalue weighted by Crippen LogP contribution is 2.28. The minimum atomic E-state index is -0.192. The van der Waals surface area contributed by atoms with Crippen LogP contribution in [0.2, 0.25) is 0 Å². The van der Waals surface area contributed by atoms with E-state index in [4.69, 9.17) is 4.74 Å². The number of benzene rings is 2. The number of methoxy groups -OCH3 is 1. The van der Waals surface area contributed by atoms with Crippen molar-refractivity contribution < 1.29 is 9.13 Å². The molecule has 1 aliphatic heterocycles. The molecule has 5 heteroatoms. The van der Waals surface area contributed by atoms with Gasteiger partial charge in [-0.3, -0.25) is 4.90 Å². The smallest absolute Gasteiger partial charge is 0.142 e. The Morgan fingerprint density at radius 1 is 0.962 bits per heavy atom. The number of hydrogen-bond acceptors (Lipinski definition) is 4. The second kappa shape index (κ2) is 9.43. The monoisotopic (exact) mass is 357 g/mol. The Labute approximate surface area is 155 Å². The zero-order valence-corrected chi connectivity index (χ0v) is 15.5. The van der Waals surface area contributed by atoms with E-state index in [-0.39, 0.29) is 5.82 Å². The summed E-state index contributed by atoms with van der Waals surface area (Å²) in [4.78, 5) is 4.94. The fourth-order valence-electron chi connectivity index (χ4n) is 3.36. The molecular formula is C21H28FN3O. The maximum atomic E-state index is 12.9. The van der Waals surface area contributed by atoms with Gasteiger partial charge >= 0.3 is 0 Å². The quantitative estimate of drug-likeness (QED) is 0.727. The van der Waals surface area contributed by atoms with Gasteiger partial charge in [-0.15, -0.1) is 0 Å². The van der Waals surface area contributed by atoms with Crippen LogP contribution in [0.1, 0.15) is 12.8 Å². The highest BCUT2D eigenvalue weighted by atomic mass is 19.1. The second-order valence-corrected chi connectivity index (χ2v) is 6.64. The highest BCUT2D eigenvalue weighted by molar-refractivity contribution is 5.58. The number of rotatable bonds is 8. The molecule has 26 heavy (non-hydrogen) atoms. The zero-order valence-electron chi connectivity index (χ0n) is 15.5. The molecule has 1 heterocycles.